The van der Waals surface area contributed by atoms with Crippen LogP contribution < -0.4 is 20.1 Å². The van der Waals surface area contributed by atoms with Gasteiger partial charge in [0.2, 0.25) is 6.79 Å². The molecule has 1 atom stereocenters. The van der Waals surface area contributed by atoms with Gasteiger partial charge in [0.1, 0.15) is 0 Å². The van der Waals surface area contributed by atoms with Crippen LogP contribution in [0.2, 0.25) is 0 Å². The summed E-state index contributed by atoms with van der Waals surface area (Å²) in [5, 5.41) is 8.11. The Balaban J connectivity index is 1.30. The summed E-state index contributed by atoms with van der Waals surface area (Å²) in [6.07, 6.45) is 2.44. The van der Waals surface area contributed by atoms with E-state index in [0.717, 1.165) is 36.1 Å². The van der Waals surface area contributed by atoms with Crippen molar-refractivity contribution < 1.29 is 14.3 Å². The normalized spacial score (nSPS) is 18.0. The highest BCUT2D eigenvalue weighted by Crippen LogP contribution is 2.32. The fourth-order valence-corrected chi connectivity index (χ4v) is 4.58. The number of hydrogen-bond donors (Lipinski definition) is 2. The highest BCUT2D eigenvalue weighted by Gasteiger charge is 2.25. The van der Waals surface area contributed by atoms with Crippen LogP contribution in [0, 0.1) is 5.92 Å². The molecule has 2 aliphatic heterocycles. The zero-order chi connectivity index (χ0) is 19.3. The van der Waals surface area contributed by atoms with E-state index in [9.17, 15) is 4.79 Å². The predicted molar refractivity (Wildman–Crippen MR) is 110 cm³/mol. The number of fused-ring (bicyclic) bond motifs is 1. The van der Waals surface area contributed by atoms with Crippen molar-refractivity contribution >= 4 is 17.4 Å². The van der Waals surface area contributed by atoms with Gasteiger partial charge in [0.15, 0.2) is 11.5 Å². The number of amides is 2. The average Bonchev–Trinajstić information content (AvgIpc) is 3.39. The lowest BCUT2D eigenvalue weighted by Crippen LogP contribution is -2.44. The third-order valence-electron chi connectivity index (χ3n) is 5.48. The molecule has 0 aliphatic carbocycles. The highest BCUT2D eigenvalue weighted by molar-refractivity contribution is 7.10. The molecule has 1 aromatic carbocycles. The molecule has 1 saturated heterocycles. The molecule has 2 N–H and O–H groups in total. The van der Waals surface area contributed by atoms with Crippen molar-refractivity contribution in [2.45, 2.75) is 32.4 Å². The third-order valence-corrected chi connectivity index (χ3v) is 6.45. The molecule has 150 valence electrons. The molecule has 0 radical (unpaired) electrons. The van der Waals surface area contributed by atoms with E-state index >= 15 is 0 Å². The van der Waals surface area contributed by atoms with Gasteiger partial charge >= 0.3 is 6.03 Å². The SMILES string of the molecule is CC1CCN([C@H](CNC(=O)NCc2ccc3c(c2)OCO3)c2cccs2)CC1. The summed E-state index contributed by atoms with van der Waals surface area (Å²) in [6, 6.07) is 10.1. The molecule has 3 heterocycles. The smallest absolute Gasteiger partial charge is 0.315 e. The Morgan fingerprint density at radius 2 is 2.04 bits per heavy atom. The van der Waals surface area contributed by atoms with E-state index in [-0.39, 0.29) is 18.9 Å². The molecule has 6 nitrogen and oxygen atoms in total. The minimum atomic E-state index is -0.149. The van der Waals surface area contributed by atoms with Gasteiger partial charge in [-0.3, -0.25) is 4.90 Å². The van der Waals surface area contributed by atoms with Gasteiger partial charge in [0, 0.05) is 18.0 Å². The molecular formula is C21H27N3O3S. The maximum Gasteiger partial charge on any atom is 0.315 e. The molecule has 0 unspecified atom stereocenters. The number of likely N-dealkylation sites (tertiary alicyclic amines) is 1. The molecule has 2 amide bonds. The van der Waals surface area contributed by atoms with Crippen molar-refractivity contribution in [1.29, 1.82) is 0 Å². The van der Waals surface area contributed by atoms with Crippen LogP contribution in [0.3, 0.4) is 0 Å². The molecule has 1 fully saturated rings. The van der Waals surface area contributed by atoms with E-state index in [2.05, 4.69) is 40.0 Å². The van der Waals surface area contributed by atoms with Crippen molar-refractivity contribution in [3.63, 3.8) is 0 Å². The molecule has 4 rings (SSSR count). The van der Waals surface area contributed by atoms with Crippen LogP contribution in [0.25, 0.3) is 0 Å². The number of thiophene rings is 1. The van der Waals surface area contributed by atoms with Crippen LogP contribution in [0.1, 0.15) is 36.2 Å². The fourth-order valence-electron chi connectivity index (χ4n) is 3.72. The average molecular weight is 402 g/mol. The lowest BCUT2D eigenvalue weighted by molar-refractivity contribution is 0.138. The third kappa shape index (κ3) is 4.59. The first kappa shape index (κ1) is 19.1. The number of ether oxygens (including phenoxy) is 2. The molecule has 7 heteroatoms. The molecule has 1 aromatic heterocycles. The van der Waals surface area contributed by atoms with Gasteiger partial charge in [-0.2, -0.15) is 0 Å². The van der Waals surface area contributed by atoms with Crippen molar-refractivity contribution in [3.05, 3.63) is 46.2 Å². The maximum atomic E-state index is 12.4. The van der Waals surface area contributed by atoms with E-state index in [1.54, 1.807) is 11.3 Å². The minimum Gasteiger partial charge on any atom is -0.454 e. The second kappa shape index (κ2) is 8.84. The van der Waals surface area contributed by atoms with Crippen LogP contribution in [0.4, 0.5) is 4.79 Å². The van der Waals surface area contributed by atoms with Crippen LogP contribution in [0.5, 0.6) is 11.5 Å². The van der Waals surface area contributed by atoms with Crippen molar-refractivity contribution in [2.24, 2.45) is 5.92 Å². The molecule has 0 spiro atoms. The quantitative estimate of drug-likeness (QED) is 0.774. The highest BCUT2D eigenvalue weighted by atomic mass is 32.1. The number of carbonyl (C=O) groups is 1. The summed E-state index contributed by atoms with van der Waals surface area (Å²) in [4.78, 5) is 16.2. The van der Waals surface area contributed by atoms with Gasteiger partial charge < -0.3 is 20.1 Å². The molecule has 0 bridgehead atoms. The first-order valence-corrected chi connectivity index (χ1v) is 10.7. The summed E-state index contributed by atoms with van der Waals surface area (Å²) in [7, 11) is 0. The zero-order valence-electron chi connectivity index (χ0n) is 16.1. The summed E-state index contributed by atoms with van der Waals surface area (Å²) in [6.45, 7) is 5.81. The Hall–Kier alpha value is -2.25. The number of nitrogens with one attached hydrogen (secondary N) is 2. The van der Waals surface area contributed by atoms with Crippen molar-refractivity contribution in [1.82, 2.24) is 15.5 Å². The largest absolute Gasteiger partial charge is 0.454 e. The standard InChI is InChI=1S/C21H27N3O3S/c1-15-6-8-24(9-7-15)17(20-3-2-10-28-20)13-23-21(25)22-12-16-4-5-18-19(11-16)27-14-26-18/h2-5,10-11,15,17H,6-9,12-14H2,1H3,(H2,22,23,25)/t17-/m1/s1. The van der Waals surface area contributed by atoms with Crippen LogP contribution in [-0.4, -0.2) is 37.4 Å². The number of benzene rings is 1. The van der Waals surface area contributed by atoms with Crippen LogP contribution >= 0.6 is 11.3 Å². The van der Waals surface area contributed by atoms with Gasteiger partial charge in [0.25, 0.3) is 0 Å². The summed E-state index contributed by atoms with van der Waals surface area (Å²) in [5.41, 5.74) is 0.985. The summed E-state index contributed by atoms with van der Waals surface area (Å²) >= 11 is 1.76. The predicted octanol–water partition coefficient (Wildman–Crippen LogP) is 3.75. The Morgan fingerprint density at radius 3 is 2.82 bits per heavy atom. The number of rotatable bonds is 6. The zero-order valence-corrected chi connectivity index (χ0v) is 17.0. The number of nitrogens with zero attached hydrogens (tertiary/aromatic N) is 1. The van der Waals surface area contributed by atoms with Gasteiger partial charge in [0.05, 0.1) is 6.04 Å². The second-order valence-electron chi connectivity index (χ2n) is 7.50. The monoisotopic (exact) mass is 401 g/mol. The molecule has 2 aliphatic rings. The Bertz CT molecular complexity index is 788. The van der Waals surface area contributed by atoms with Gasteiger partial charge in [-0.05, 0) is 61.0 Å². The van der Waals surface area contributed by atoms with E-state index in [0.29, 0.717) is 13.1 Å². The van der Waals surface area contributed by atoms with Gasteiger partial charge in [-0.15, -0.1) is 11.3 Å². The van der Waals surface area contributed by atoms with E-state index in [1.165, 1.54) is 17.7 Å². The molecular weight excluding hydrogens is 374 g/mol. The number of hydrogen-bond acceptors (Lipinski definition) is 5. The number of piperidine rings is 1. The molecule has 2 aromatic rings. The van der Waals surface area contributed by atoms with E-state index in [1.807, 2.05) is 18.2 Å². The van der Waals surface area contributed by atoms with Crippen LogP contribution in [-0.2, 0) is 6.54 Å². The Morgan fingerprint density at radius 1 is 1.21 bits per heavy atom. The molecule has 0 saturated carbocycles. The first-order chi connectivity index (χ1) is 13.7. The van der Waals surface area contributed by atoms with E-state index < -0.39 is 0 Å². The maximum absolute atomic E-state index is 12.4. The summed E-state index contributed by atoms with van der Waals surface area (Å²) in [5.74, 6) is 2.28. The van der Waals surface area contributed by atoms with Gasteiger partial charge in [-0.1, -0.05) is 19.1 Å². The minimum absolute atomic E-state index is 0.149. The first-order valence-electron chi connectivity index (χ1n) is 9.87. The number of carbonyl (C=O) groups excluding carboxylic acids is 1. The van der Waals surface area contributed by atoms with Crippen LogP contribution in [0.15, 0.2) is 35.7 Å². The lowest BCUT2D eigenvalue weighted by Gasteiger charge is -2.36. The molecule has 28 heavy (non-hydrogen) atoms. The Labute approximate surface area is 169 Å². The van der Waals surface area contributed by atoms with Gasteiger partial charge in [-0.25, -0.2) is 4.79 Å². The van der Waals surface area contributed by atoms with Crippen molar-refractivity contribution in [2.75, 3.05) is 26.4 Å². The number of urea groups is 1. The lowest BCUT2D eigenvalue weighted by atomic mass is 9.97. The topological polar surface area (TPSA) is 62.8 Å². The Kier molecular flexibility index (Phi) is 6.02. The van der Waals surface area contributed by atoms with E-state index in [4.69, 9.17) is 9.47 Å². The van der Waals surface area contributed by atoms with Crippen molar-refractivity contribution in [3.8, 4) is 11.5 Å². The summed E-state index contributed by atoms with van der Waals surface area (Å²) < 4.78 is 10.7. The second-order valence-corrected chi connectivity index (χ2v) is 8.48. The fraction of sp³-hybridized carbons (Fsp3) is 0.476.